The summed E-state index contributed by atoms with van der Waals surface area (Å²) in [6, 6.07) is 19.8. The topological polar surface area (TPSA) is 32.8 Å². The Morgan fingerprint density at radius 3 is 2.26 bits per heavy atom. The molecule has 1 saturated carbocycles. The van der Waals surface area contributed by atoms with Gasteiger partial charge in [-0.2, -0.15) is 0 Å². The van der Waals surface area contributed by atoms with Gasteiger partial charge in [0, 0.05) is 42.7 Å². The van der Waals surface area contributed by atoms with Crippen molar-refractivity contribution in [2.24, 2.45) is 5.41 Å². The highest BCUT2D eigenvalue weighted by Gasteiger charge is 2.54. The standard InChI is InChI=1S/C27H34N2O2/c1-31-24-12-10-22(11-13-24)26(30)28-18-14-23(15-19-28)29-20-27(16-6-3-7-17-27)25(29)21-8-4-2-5-9-21/h2,4-5,8-13,23,25H,3,6-7,14-20H2,1H3. The summed E-state index contributed by atoms with van der Waals surface area (Å²) in [4.78, 5) is 17.8. The molecule has 2 saturated heterocycles. The van der Waals surface area contributed by atoms with E-state index in [1.165, 1.54) is 44.2 Å². The molecule has 2 heterocycles. The molecule has 31 heavy (non-hydrogen) atoms. The van der Waals surface area contributed by atoms with Crippen LogP contribution in [0.4, 0.5) is 0 Å². The van der Waals surface area contributed by atoms with Crippen LogP contribution in [0.2, 0.25) is 0 Å². The van der Waals surface area contributed by atoms with E-state index in [4.69, 9.17) is 4.74 Å². The van der Waals surface area contributed by atoms with E-state index in [0.29, 0.717) is 17.5 Å². The number of hydrogen-bond acceptors (Lipinski definition) is 3. The first-order chi connectivity index (χ1) is 15.2. The average Bonchev–Trinajstić information content (AvgIpc) is 2.84. The molecule has 3 aliphatic rings. The van der Waals surface area contributed by atoms with E-state index in [0.717, 1.165) is 37.2 Å². The van der Waals surface area contributed by atoms with Gasteiger partial charge in [0.2, 0.25) is 0 Å². The van der Waals surface area contributed by atoms with Crippen molar-refractivity contribution in [3.63, 3.8) is 0 Å². The summed E-state index contributed by atoms with van der Waals surface area (Å²) in [5, 5.41) is 0. The third-order valence-electron chi connectivity index (χ3n) is 7.93. The van der Waals surface area contributed by atoms with Gasteiger partial charge >= 0.3 is 0 Å². The second kappa shape index (κ2) is 8.66. The molecule has 3 fully saturated rings. The van der Waals surface area contributed by atoms with Crippen molar-refractivity contribution < 1.29 is 9.53 Å². The molecule has 2 aliphatic heterocycles. The number of nitrogens with zero attached hydrogens (tertiary/aromatic N) is 2. The van der Waals surface area contributed by atoms with E-state index in [1.807, 2.05) is 29.2 Å². The van der Waals surface area contributed by atoms with Crippen LogP contribution in [0.5, 0.6) is 5.75 Å². The van der Waals surface area contributed by atoms with E-state index in [2.05, 4.69) is 35.2 Å². The Morgan fingerprint density at radius 1 is 0.935 bits per heavy atom. The van der Waals surface area contributed by atoms with Gasteiger partial charge in [0.05, 0.1) is 7.11 Å². The van der Waals surface area contributed by atoms with E-state index in [-0.39, 0.29) is 5.91 Å². The number of piperidine rings is 1. The van der Waals surface area contributed by atoms with Gasteiger partial charge in [0.25, 0.3) is 5.91 Å². The van der Waals surface area contributed by atoms with Gasteiger partial charge in [-0.1, -0.05) is 49.6 Å². The van der Waals surface area contributed by atoms with E-state index in [9.17, 15) is 4.79 Å². The molecule has 5 rings (SSSR count). The number of hydrogen-bond donors (Lipinski definition) is 0. The summed E-state index contributed by atoms with van der Waals surface area (Å²) in [6.45, 7) is 2.94. The van der Waals surface area contributed by atoms with Crippen molar-refractivity contribution in [2.75, 3.05) is 26.7 Å². The van der Waals surface area contributed by atoms with Crippen molar-refractivity contribution in [1.29, 1.82) is 0 Å². The number of amides is 1. The number of carbonyl (C=O) groups excluding carboxylic acids is 1. The maximum atomic E-state index is 13.0. The van der Waals surface area contributed by atoms with Crippen LogP contribution in [0.15, 0.2) is 54.6 Å². The van der Waals surface area contributed by atoms with Gasteiger partial charge in [-0.15, -0.1) is 0 Å². The zero-order chi connectivity index (χ0) is 21.3. The summed E-state index contributed by atoms with van der Waals surface area (Å²) in [5.74, 6) is 0.935. The highest BCUT2D eigenvalue weighted by Crippen LogP contribution is 2.58. The van der Waals surface area contributed by atoms with Crippen molar-refractivity contribution in [1.82, 2.24) is 9.80 Å². The van der Waals surface area contributed by atoms with Crippen LogP contribution < -0.4 is 4.74 Å². The Labute approximate surface area is 186 Å². The molecular formula is C27H34N2O2. The first kappa shape index (κ1) is 20.6. The molecule has 4 nitrogen and oxygen atoms in total. The fourth-order valence-electron chi connectivity index (χ4n) is 6.31. The fraction of sp³-hybridized carbons (Fsp3) is 0.519. The lowest BCUT2D eigenvalue weighted by molar-refractivity contribution is -0.132. The minimum absolute atomic E-state index is 0.146. The van der Waals surface area contributed by atoms with Crippen LogP contribution in [-0.2, 0) is 0 Å². The average molecular weight is 419 g/mol. The Kier molecular flexibility index (Phi) is 5.75. The van der Waals surface area contributed by atoms with Crippen molar-refractivity contribution >= 4 is 5.91 Å². The zero-order valence-corrected chi connectivity index (χ0v) is 18.6. The minimum Gasteiger partial charge on any atom is -0.497 e. The molecule has 4 heteroatoms. The minimum atomic E-state index is 0.146. The lowest BCUT2D eigenvalue weighted by Gasteiger charge is -2.63. The first-order valence-electron chi connectivity index (χ1n) is 11.9. The fourth-order valence-corrected chi connectivity index (χ4v) is 6.31. The third kappa shape index (κ3) is 3.87. The predicted molar refractivity (Wildman–Crippen MR) is 123 cm³/mol. The summed E-state index contributed by atoms with van der Waals surface area (Å²) in [6.07, 6.45) is 9.05. The number of ether oxygens (including phenoxy) is 1. The smallest absolute Gasteiger partial charge is 0.253 e. The Balaban J connectivity index is 1.26. The second-order valence-corrected chi connectivity index (χ2v) is 9.66. The monoisotopic (exact) mass is 418 g/mol. The maximum Gasteiger partial charge on any atom is 0.253 e. The van der Waals surface area contributed by atoms with Crippen LogP contribution in [0.25, 0.3) is 0 Å². The van der Waals surface area contributed by atoms with Crippen LogP contribution in [0.3, 0.4) is 0 Å². The molecule has 0 aromatic heterocycles. The van der Waals surface area contributed by atoms with Crippen LogP contribution in [0, 0.1) is 5.41 Å². The predicted octanol–water partition coefficient (Wildman–Crippen LogP) is 5.31. The highest BCUT2D eigenvalue weighted by molar-refractivity contribution is 5.94. The first-order valence-corrected chi connectivity index (χ1v) is 11.9. The zero-order valence-electron chi connectivity index (χ0n) is 18.6. The van der Waals surface area contributed by atoms with Crippen molar-refractivity contribution in [3.8, 4) is 5.75 Å². The number of carbonyl (C=O) groups is 1. The van der Waals surface area contributed by atoms with Gasteiger partial charge in [-0.3, -0.25) is 9.69 Å². The molecule has 0 N–H and O–H groups in total. The molecule has 1 unspecified atom stereocenters. The lowest BCUT2D eigenvalue weighted by Crippen LogP contribution is -2.63. The molecule has 1 spiro atoms. The number of benzene rings is 2. The molecule has 1 aliphatic carbocycles. The molecule has 2 aromatic rings. The quantitative estimate of drug-likeness (QED) is 0.675. The van der Waals surface area contributed by atoms with Crippen molar-refractivity contribution in [3.05, 3.63) is 65.7 Å². The van der Waals surface area contributed by atoms with Crippen molar-refractivity contribution in [2.45, 2.75) is 57.0 Å². The highest BCUT2D eigenvalue weighted by atomic mass is 16.5. The molecule has 1 atom stereocenters. The van der Waals surface area contributed by atoms with E-state index in [1.54, 1.807) is 7.11 Å². The summed E-state index contributed by atoms with van der Waals surface area (Å²) < 4.78 is 5.22. The Bertz CT molecular complexity index is 881. The van der Waals surface area contributed by atoms with E-state index >= 15 is 0 Å². The molecule has 0 radical (unpaired) electrons. The van der Waals surface area contributed by atoms with E-state index < -0.39 is 0 Å². The SMILES string of the molecule is COc1ccc(C(=O)N2CCC(N3CC4(CCCCC4)C3c3ccccc3)CC2)cc1. The molecule has 0 bridgehead atoms. The molecule has 1 amide bonds. The third-order valence-corrected chi connectivity index (χ3v) is 7.93. The Morgan fingerprint density at radius 2 is 1.61 bits per heavy atom. The van der Waals surface area contributed by atoms with Gasteiger partial charge in [0.1, 0.15) is 5.75 Å². The van der Waals surface area contributed by atoms with Crippen LogP contribution >= 0.6 is 0 Å². The van der Waals surface area contributed by atoms with Crippen LogP contribution in [-0.4, -0.2) is 48.5 Å². The summed E-state index contributed by atoms with van der Waals surface area (Å²) in [7, 11) is 1.65. The lowest BCUT2D eigenvalue weighted by atomic mass is 9.60. The largest absolute Gasteiger partial charge is 0.497 e. The van der Waals surface area contributed by atoms with Gasteiger partial charge in [-0.05, 0) is 55.5 Å². The molecular weight excluding hydrogens is 384 g/mol. The number of methoxy groups -OCH3 is 1. The Hall–Kier alpha value is -2.33. The number of likely N-dealkylation sites (tertiary alicyclic amines) is 2. The van der Waals surface area contributed by atoms with Crippen LogP contribution in [0.1, 0.15) is 66.9 Å². The molecule has 164 valence electrons. The summed E-state index contributed by atoms with van der Waals surface area (Å²) >= 11 is 0. The maximum absolute atomic E-state index is 13.0. The van der Waals surface area contributed by atoms with Gasteiger partial charge in [0.15, 0.2) is 0 Å². The summed E-state index contributed by atoms with van der Waals surface area (Å²) in [5.41, 5.74) is 2.73. The van der Waals surface area contributed by atoms with Gasteiger partial charge in [-0.25, -0.2) is 0 Å². The normalized spacial score (nSPS) is 24.0. The molecule has 2 aromatic carbocycles. The van der Waals surface area contributed by atoms with Gasteiger partial charge < -0.3 is 9.64 Å². The number of rotatable bonds is 4. The second-order valence-electron chi connectivity index (χ2n) is 9.66.